The molecule has 3 heteroatoms. The van der Waals surface area contributed by atoms with E-state index < -0.39 is 0 Å². The van der Waals surface area contributed by atoms with Gasteiger partial charge < -0.3 is 10.5 Å². The molecule has 1 aromatic rings. The molecule has 0 aliphatic heterocycles. The van der Waals surface area contributed by atoms with Crippen molar-refractivity contribution in [1.82, 2.24) is 0 Å². The summed E-state index contributed by atoms with van der Waals surface area (Å²) < 4.78 is 5.79. The van der Waals surface area contributed by atoms with Gasteiger partial charge in [-0.15, -0.1) is 0 Å². The van der Waals surface area contributed by atoms with Crippen LogP contribution in [0.1, 0.15) is 50.2 Å². The minimum Gasteiger partial charge on any atom is -0.493 e. The van der Waals surface area contributed by atoms with Crippen LogP contribution < -0.4 is 10.5 Å². The zero-order valence-electron chi connectivity index (χ0n) is 11.5. The first kappa shape index (κ1) is 14.6. The number of unbranched alkanes of at least 4 members (excludes halogenated alkanes) is 4. The van der Waals surface area contributed by atoms with E-state index >= 15 is 0 Å². The normalized spacial score (nSPS) is 10.3. The molecular weight excluding hydrogens is 224 g/mol. The van der Waals surface area contributed by atoms with Gasteiger partial charge in [0.1, 0.15) is 11.6 Å². The third-order valence-corrected chi connectivity index (χ3v) is 3.00. The fraction of sp³-hybridized carbons (Fsp3) is 0.533. The second-order valence-corrected chi connectivity index (χ2v) is 4.63. The van der Waals surface area contributed by atoms with E-state index in [1.807, 2.05) is 25.1 Å². The summed E-state index contributed by atoms with van der Waals surface area (Å²) in [6, 6.07) is 5.72. The van der Waals surface area contributed by atoms with Crippen molar-refractivity contribution < 1.29 is 4.74 Å². The number of nitrogen functional groups attached to an aromatic ring is 1. The number of para-hydroxylation sites is 1. The highest BCUT2D eigenvalue weighted by molar-refractivity contribution is 5.98. The van der Waals surface area contributed by atoms with Crippen LogP contribution in [0.3, 0.4) is 0 Å². The number of ether oxygens (including phenoxy) is 1. The van der Waals surface area contributed by atoms with Crippen molar-refractivity contribution >= 4 is 5.84 Å². The molecule has 0 saturated carbocycles. The van der Waals surface area contributed by atoms with Crippen molar-refractivity contribution in [3.8, 4) is 5.75 Å². The van der Waals surface area contributed by atoms with Crippen LogP contribution in [0.25, 0.3) is 0 Å². The van der Waals surface area contributed by atoms with Crippen molar-refractivity contribution in [3.05, 3.63) is 29.3 Å². The molecule has 0 amide bonds. The van der Waals surface area contributed by atoms with Crippen LogP contribution in [-0.4, -0.2) is 12.4 Å². The number of hydrogen-bond acceptors (Lipinski definition) is 2. The molecule has 18 heavy (non-hydrogen) atoms. The lowest BCUT2D eigenvalue weighted by Gasteiger charge is -2.13. The van der Waals surface area contributed by atoms with Gasteiger partial charge in [0, 0.05) is 0 Å². The maximum absolute atomic E-state index is 7.54. The highest BCUT2D eigenvalue weighted by Gasteiger charge is 2.08. The van der Waals surface area contributed by atoms with Crippen LogP contribution in [0.4, 0.5) is 0 Å². The lowest BCUT2D eigenvalue weighted by molar-refractivity contribution is 0.302. The molecular formula is C15H24N2O. The predicted molar refractivity (Wildman–Crippen MR) is 76.4 cm³/mol. The average Bonchev–Trinajstić information content (AvgIpc) is 2.34. The lowest BCUT2D eigenvalue weighted by atomic mass is 10.1. The Bertz CT molecular complexity index is 388. The molecule has 1 rings (SSSR count). The second-order valence-electron chi connectivity index (χ2n) is 4.63. The zero-order valence-corrected chi connectivity index (χ0v) is 11.5. The maximum atomic E-state index is 7.54. The predicted octanol–water partition coefficient (Wildman–Crippen LogP) is 3.63. The van der Waals surface area contributed by atoms with Gasteiger partial charge >= 0.3 is 0 Å². The highest BCUT2D eigenvalue weighted by atomic mass is 16.5. The van der Waals surface area contributed by atoms with E-state index in [4.69, 9.17) is 15.9 Å². The average molecular weight is 248 g/mol. The summed E-state index contributed by atoms with van der Waals surface area (Å²) in [5.74, 6) is 0.833. The van der Waals surface area contributed by atoms with Crippen molar-refractivity contribution in [2.75, 3.05) is 6.61 Å². The molecule has 0 aromatic heterocycles. The first-order chi connectivity index (χ1) is 8.66. The number of nitrogens with one attached hydrogen (secondary N) is 1. The van der Waals surface area contributed by atoms with E-state index in [0.29, 0.717) is 12.2 Å². The monoisotopic (exact) mass is 248 g/mol. The van der Waals surface area contributed by atoms with Crippen LogP contribution in [-0.2, 0) is 0 Å². The Morgan fingerprint density at radius 2 is 1.94 bits per heavy atom. The number of hydrogen-bond donors (Lipinski definition) is 2. The van der Waals surface area contributed by atoms with Crippen LogP contribution >= 0.6 is 0 Å². The van der Waals surface area contributed by atoms with Crippen molar-refractivity contribution in [1.29, 1.82) is 5.41 Å². The van der Waals surface area contributed by atoms with E-state index in [2.05, 4.69) is 6.92 Å². The van der Waals surface area contributed by atoms with E-state index in [0.717, 1.165) is 17.7 Å². The first-order valence-corrected chi connectivity index (χ1v) is 6.73. The second kappa shape index (κ2) is 7.75. The molecule has 0 saturated heterocycles. The van der Waals surface area contributed by atoms with Gasteiger partial charge in [-0.25, -0.2) is 0 Å². The number of aryl methyl sites for hydroxylation is 1. The third kappa shape index (κ3) is 4.40. The van der Waals surface area contributed by atoms with Gasteiger partial charge in [0.25, 0.3) is 0 Å². The largest absolute Gasteiger partial charge is 0.493 e. The SMILES string of the molecule is CCCCCCCOc1c(C)cccc1C(=N)N. The van der Waals surface area contributed by atoms with Crippen LogP contribution in [0.15, 0.2) is 18.2 Å². The molecule has 0 aliphatic carbocycles. The molecule has 0 atom stereocenters. The summed E-state index contributed by atoms with van der Waals surface area (Å²) >= 11 is 0. The quantitative estimate of drug-likeness (QED) is 0.419. The molecule has 0 heterocycles. The minimum absolute atomic E-state index is 0.0692. The highest BCUT2D eigenvalue weighted by Crippen LogP contribution is 2.23. The molecule has 0 unspecified atom stereocenters. The van der Waals surface area contributed by atoms with Crippen molar-refractivity contribution in [2.24, 2.45) is 5.73 Å². The van der Waals surface area contributed by atoms with Gasteiger partial charge in [-0.2, -0.15) is 0 Å². The molecule has 0 radical (unpaired) electrons. The fourth-order valence-electron chi connectivity index (χ4n) is 1.94. The number of amidine groups is 1. The van der Waals surface area contributed by atoms with Gasteiger partial charge in [-0.3, -0.25) is 5.41 Å². The third-order valence-electron chi connectivity index (χ3n) is 3.00. The molecule has 3 nitrogen and oxygen atoms in total. The first-order valence-electron chi connectivity index (χ1n) is 6.73. The molecule has 0 bridgehead atoms. The van der Waals surface area contributed by atoms with E-state index in [9.17, 15) is 0 Å². The van der Waals surface area contributed by atoms with Gasteiger partial charge in [0.15, 0.2) is 0 Å². The topological polar surface area (TPSA) is 59.1 Å². The molecule has 0 spiro atoms. The van der Waals surface area contributed by atoms with Crippen molar-refractivity contribution in [3.63, 3.8) is 0 Å². The van der Waals surface area contributed by atoms with Gasteiger partial charge in [0.05, 0.1) is 12.2 Å². The maximum Gasteiger partial charge on any atom is 0.133 e. The van der Waals surface area contributed by atoms with E-state index in [1.165, 1.54) is 25.7 Å². The Kier molecular flexibility index (Phi) is 6.26. The summed E-state index contributed by atoms with van der Waals surface area (Å²) in [5, 5.41) is 7.54. The summed E-state index contributed by atoms with van der Waals surface area (Å²) in [4.78, 5) is 0. The fourth-order valence-corrected chi connectivity index (χ4v) is 1.94. The van der Waals surface area contributed by atoms with E-state index in [-0.39, 0.29) is 5.84 Å². The van der Waals surface area contributed by atoms with Crippen LogP contribution in [0, 0.1) is 12.3 Å². The van der Waals surface area contributed by atoms with Gasteiger partial charge in [-0.05, 0) is 25.0 Å². The standard InChI is InChI=1S/C15H24N2O/c1-3-4-5-6-7-11-18-14-12(2)9-8-10-13(14)15(16)17/h8-10H,3-7,11H2,1-2H3,(H3,16,17). The summed E-state index contributed by atoms with van der Waals surface area (Å²) in [6.07, 6.45) is 6.09. The Labute approximate surface area is 110 Å². The molecule has 3 N–H and O–H groups in total. The Morgan fingerprint density at radius 1 is 1.22 bits per heavy atom. The molecule has 1 aromatic carbocycles. The summed E-state index contributed by atoms with van der Waals surface area (Å²) in [7, 11) is 0. The van der Waals surface area contributed by atoms with Gasteiger partial charge in [0.2, 0.25) is 0 Å². The van der Waals surface area contributed by atoms with Crippen LogP contribution in [0.5, 0.6) is 5.75 Å². The smallest absolute Gasteiger partial charge is 0.133 e. The molecule has 0 fully saturated rings. The minimum atomic E-state index is 0.0692. The lowest BCUT2D eigenvalue weighted by Crippen LogP contribution is -2.14. The Morgan fingerprint density at radius 3 is 2.61 bits per heavy atom. The van der Waals surface area contributed by atoms with Gasteiger partial charge in [-0.1, -0.05) is 44.7 Å². The number of rotatable bonds is 8. The summed E-state index contributed by atoms with van der Waals surface area (Å²) in [6.45, 7) is 4.90. The number of nitrogens with two attached hydrogens (primary N) is 1. The van der Waals surface area contributed by atoms with E-state index in [1.54, 1.807) is 0 Å². The molecule has 100 valence electrons. The van der Waals surface area contributed by atoms with Crippen molar-refractivity contribution in [2.45, 2.75) is 46.0 Å². The Hall–Kier alpha value is -1.51. The van der Waals surface area contributed by atoms with Crippen LogP contribution in [0.2, 0.25) is 0 Å². The zero-order chi connectivity index (χ0) is 13.4. The molecule has 0 aliphatic rings. The Balaban J connectivity index is 2.48. The number of benzene rings is 1. The summed E-state index contributed by atoms with van der Waals surface area (Å²) in [5.41, 5.74) is 7.29.